The lowest BCUT2D eigenvalue weighted by atomic mass is 10.0. The zero-order valence-electron chi connectivity index (χ0n) is 19.2. The Morgan fingerprint density at radius 2 is 2.09 bits per heavy atom. The van der Waals surface area contributed by atoms with Crippen LogP contribution in [0.25, 0.3) is 16.9 Å². The normalized spacial score (nSPS) is 16.1. The third-order valence-corrected chi connectivity index (χ3v) is 6.41. The number of aryl methyl sites for hydroxylation is 1. The highest BCUT2D eigenvalue weighted by molar-refractivity contribution is 5.94. The molecule has 1 atom stereocenters. The number of hydrogen-bond donors (Lipinski definition) is 1. The van der Waals surface area contributed by atoms with Crippen molar-refractivity contribution < 1.29 is 9.90 Å². The largest absolute Gasteiger partial charge is 0.493 e. The van der Waals surface area contributed by atoms with Crippen molar-refractivity contribution in [3.63, 3.8) is 0 Å². The maximum atomic E-state index is 13.0. The van der Waals surface area contributed by atoms with Crippen molar-refractivity contribution in [2.24, 2.45) is 0 Å². The van der Waals surface area contributed by atoms with Gasteiger partial charge in [-0.25, -0.2) is 4.98 Å². The van der Waals surface area contributed by atoms with Crippen LogP contribution in [0.2, 0.25) is 0 Å². The summed E-state index contributed by atoms with van der Waals surface area (Å²) in [7, 11) is 2.10. The monoisotopic (exact) mass is 444 g/mol. The van der Waals surface area contributed by atoms with Crippen LogP contribution in [0.5, 0.6) is 5.88 Å². The average Bonchev–Trinajstić information content (AvgIpc) is 3.23. The number of hydrogen-bond acceptors (Lipinski definition) is 6. The topological polar surface area (TPSA) is 98.3 Å². The molecule has 33 heavy (non-hydrogen) atoms. The molecule has 2 aromatic heterocycles. The fourth-order valence-corrected chi connectivity index (χ4v) is 4.31. The fourth-order valence-electron chi connectivity index (χ4n) is 4.31. The number of likely N-dealkylation sites (tertiary alicyclic amines) is 1. The second-order valence-electron chi connectivity index (χ2n) is 8.46. The van der Waals surface area contributed by atoms with Crippen LogP contribution >= 0.6 is 0 Å². The molecular weight excluding hydrogens is 416 g/mol. The van der Waals surface area contributed by atoms with E-state index < -0.39 is 0 Å². The maximum absolute atomic E-state index is 13.0. The molecule has 0 aliphatic carbocycles. The minimum Gasteiger partial charge on any atom is -0.493 e. The number of aromatic nitrogens is 3. The molecule has 0 spiro atoms. The summed E-state index contributed by atoms with van der Waals surface area (Å²) >= 11 is 0. The van der Waals surface area contributed by atoms with Gasteiger partial charge in [0.15, 0.2) is 5.82 Å². The number of benzene rings is 1. The summed E-state index contributed by atoms with van der Waals surface area (Å²) in [5.41, 5.74) is 3.30. The second kappa shape index (κ2) is 9.43. The van der Waals surface area contributed by atoms with Gasteiger partial charge in [-0.15, -0.1) is 0 Å². The molecule has 1 fully saturated rings. The highest BCUT2D eigenvalue weighted by Gasteiger charge is 2.26. The van der Waals surface area contributed by atoms with E-state index in [-0.39, 0.29) is 11.8 Å². The zero-order valence-corrected chi connectivity index (χ0v) is 19.2. The van der Waals surface area contributed by atoms with Crippen molar-refractivity contribution in [1.29, 1.82) is 5.26 Å². The van der Waals surface area contributed by atoms with E-state index in [1.54, 1.807) is 42.7 Å². The summed E-state index contributed by atoms with van der Waals surface area (Å²) in [4.78, 5) is 21.6. The van der Waals surface area contributed by atoms with Gasteiger partial charge in [0, 0.05) is 25.3 Å². The Labute approximate surface area is 193 Å². The lowest BCUT2D eigenvalue weighted by Gasteiger charge is -2.37. The summed E-state index contributed by atoms with van der Waals surface area (Å²) in [6.45, 7) is 6.44. The van der Waals surface area contributed by atoms with E-state index in [1.165, 1.54) is 4.68 Å². The predicted molar refractivity (Wildman–Crippen MR) is 125 cm³/mol. The molecule has 0 saturated carbocycles. The molecule has 1 N–H and O–H groups in total. The summed E-state index contributed by atoms with van der Waals surface area (Å²) in [5, 5.41) is 24.1. The van der Waals surface area contributed by atoms with E-state index >= 15 is 0 Å². The summed E-state index contributed by atoms with van der Waals surface area (Å²) in [6, 6.07) is 11.2. The van der Waals surface area contributed by atoms with E-state index in [4.69, 9.17) is 5.26 Å². The fraction of sp³-hybridized carbons (Fsp3) is 0.360. The molecule has 4 rings (SSSR count). The third kappa shape index (κ3) is 4.45. The van der Waals surface area contributed by atoms with E-state index in [0.717, 1.165) is 43.6 Å². The van der Waals surface area contributed by atoms with Crippen LogP contribution in [0.3, 0.4) is 0 Å². The number of nitrogens with zero attached hydrogens (tertiary/aromatic N) is 6. The van der Waals surface area contributed by atoms with Crippen molar-refractivity contribution in [1.82, 2.24) is 24.6 Å². The van der Waals surface area contributed by atoms with Crippen molar-refractivity contribution in [2.75, 3.05) is 26.7 Å². The van der Waals surface area contributed by atoms with Crippen LogP contribution in [0.4, 0.5) is 0 Å². The molecule has 0 radical (unpaired) electrons. The van der Waals surface area contributed by atoms with Crippen LogP contribution in [0.15, 0.2) is 42.7 Å². The van der Waals surface area contributed by atoms with E-state index in [0.29, 0.717) is 28.6 Å². The van der Waals surface area contributed by atoms with Gasteiger partial charge in [-0.2, -0.15) is 15.0 Å². The molecule has 1 aliphatic heterocycles. The van der Waals surface area contributed by atoms with Crippen LogP contribution < -0.4 is 0 Å². The third-order valence-electron chi connectivity index (χ3n) is 6.41. The van der Waals surface area contributed by atoms with E-state index in [1.807, 2.05) is 11.8 Å². The molecule has 8 nitrogen and oxygen atoms in total. The number of piperidine rings is 1. The molecule has 1 saturated heterocycles. The van der Waals surface area contributed by atoms with Crippen molar-refractivity contribution in [3.8, 4) is 28.9 Å². The SMILES string of the molecule is CCN(C)C1CCCN(C(=O)c2ccc(-n3ncc(-c4ccc(C#N)cc4C)c3O)nc2)C1. The van der Waals surface area contributed by atoms with Gasteiger partial charge in [-0.05, 0) is 68.8 Å². The van der Waals surface area contributed by atoms with Gasteiger partial charge in [0.25, 0.3) is 5.91 Å². The lowest BCUT2D eigenvalue weighted by molar-refractivity contribution is 0.0615. The Hall–Kier alpha value is -3.70. The summed E-state index contributed by atoms with van der Waals surface area (Å²) in [6.07, 6.45) is 5.21. The first-order chi connectivity index (χ1) is 15.9. The Bertz CT molecular complexity index is 1190. The van der Waals surface area contributed by atoms with Gasteiger partial charge >= 0.3 is 0 Å². The van der Waals surface area contributed by atoms with Crippen molar-refractivity contribution in [2.45, 2.75) is 32.7 Å². The van der Waals surface area contributed by atoms with Crippen LogP contribution in [-0.4, -0.2) is 68.3 Å². The quantitative estimate of drug-likeness (QED) is 0.648. The average molecular weight is 445 g/mol. The number of carbonyl (C=O) groups is 1. The Morgan fingerprint density at radius 3 is 2.76 bits per heavy atom. The molecule has 3 aromatic rings. The smallest absolute Gasteiger partial charge is 0.255 e. The predicted octanol–water partition coefficient (Wildman–Crippen LogP) is 3.38. The number of carbonyl (C=O) groups excluding carboxylic acids is 1. The molecule has 1 aromatic carbocycles. The zero-order chi connectivity index (χ0) is 23.5. The van der Waals surface area contributed by atoms with Crippen LogP contribution in [0.1, 0.15) is 41.3 Å². The minimum absolute atomic E-state index is 0.0261. The molecule has 1 unspecified atom stereocenters. The molecule has 3 heterocycles. The molecule has 1 amide bonds. The highest BCUT2D eigenvalue weighted by atomic mass is 16.3. The summed E-state index contributed by atoms with van der Waals surface area (Å²) < 4.78 is 1.34. The molecule has 8 heteroatoms. The Kier molecular flexibility index (Phi) is 6.43. The molecule has 0 bridgehead atoms. The number of nitriles is 1. The van der Waals surface area contributed by atoms with Gasteiger partial charge in [0.1, 0.15) is 0 Å². The number of pyridine rings is 1. The van der Waals surface area contributed by atoms with Crippen molar-refractivity contribution in [3.05, 3.63) is 59.4 Å². The number of aromatic hydroxyl groups is 1. The second-order valence-corrected chi connectivity index (χ2v) is 8.46. The van der Waals surface area contributed by atoms with Gasteiger partial charge in [0.05, 0.1) is 29.0 Å². The summed E-state index contributed by atoms with van der Waals surface area (Å²) in [5.74, 6) is 0.349. The van der Waals surface area contributed by atoms with Gasteiger partial charge < -0.3 is 14.9 Å². The molecular formula is C25H28N6O2. The molecule has 1 aliphatic rings. The van der Waals surface area contributed by atoms with Gasteiger partial charge in [0.2, 0.25) is 5.88 Å². The number of amides is 1. The first-order valence-corrected chi connectivity index (χ1v) is 11.2. The van der Waals surface area contributed by atoms with Crippen LogP contribution in [-0.2, 0) is 0 Å². The van der Waals surface area contributed by atoms with E-state index in [9.17, 15) is 9.90 Å². The van der Waals surface area contributed by atoms with Gasteiger partial charge in [-0.1, -0.05) is 13.0 Å². The molecule has 170 valence electrons. The number of likely N-dealkylation sites (N-methyl/N-ethyl adjacent to an activating group) is 1. The lowest BCUT2D eigenvalue weighted by Crippen LogP contribution is -2.48. The first kappa shape index (κ1) is 22.5. The van der Waals surface area contributed by atoms with Crippen molar-refractivity contribution >= 4 is 5.91 Å². The Balaban J connectivity index is 1.53. The first-order valence-electron chi connectivity index (χ1n) is 11.2. The maximum Gasteiger partial charge on any atom is 0.255 e. The highest BCUT2D eigenvalue weighted by Crippen LogP contribution is 2.33. The standard InChI is InChI=1S/C25H28N6O2/c1-4-29(3)20-6-5-11-30(16-20)24(32)19-8-10-23(27-14-19)31-25(33)22(15-28-31)21-9-7-18(13-26)12-17(21)2/h7-10,12,14-15,20,33H,4-6,11,16H2,1-3H3. The minimum atomic E-state index is -0.0455. The van der Waals surface area contributed by atoms with E-state index in [2.05, 4.69) is 35.0 Å². The van der Waals surface area contributed by atoms with Crippen LogP contribution in [0, 0.1) is 18.3 Å². The van der Waals surface area contributed by atoms with Gasteiger partial charge in [-0.3, -0.25) is 4.79 Å². The Morgan fingerprint density at radius 1 is 1.27 bits per heavy atom. The number of rotatable bonds is 5.